The standard InChI is InChI=1S/C22H18ClF3N2O3/c1-12-10-13(21(27)31)2-7-18(12)28-15(5-9-20(29)30)4-8-19(28)16-6-3-14(23)11-17(16)22(24,25)26/h2-4,6-8,10-11H,5,9H2,1H3,(H2,27,31)(H,29,30). The number of carboxylic acid groups (broad SMARTS) is 1. The van der Waals surface area contributed by atoms with Crippen LogP contribution in [0.15, 0.2) is 48.5 Å². The molecule has 0 bridgehead atoms. The Balaban J connectivity index is 2.27. The second kappa shape index (κ2) is 8.47. The Labute approximate surface area is 180 Å². The molecule has 0 spiro atoms. The Bertz CT molecular complexity index is 1170. The molecular formula is C22H18ClF3N2O3. The number of hydrogen-bond acceptors (Lipinski definition) is 2. The molecule has 1 amide bonds. The highest BCUT2D eigenvalue weighted by atomic mass is 35.5. The third kappa shape index (κ3) is 4.74. The zero-order valence-corrected chi connectivity index (χ0v) is 17.1. The van der Waals surface area contributed by atoms with Gasteiger partial charge < -0.3 is 15.4 Å². The van der Waals surface area contributed by atoms with Gasteiger partial charge in [-0.2, -0.15) is 13.2 Å². The van der Waals surface area contributed by atoms with Crippen LogP contribution in [0.1, 0.15) is 33.6 Å². The number of carbonyl (C=O) groups is 2. The van der Waals surface area contributed by atoms with E-state index >= 15 is 0 Å². The van der Waals surface area contributed by atoms with E-state index < -0.39 is 23.6 Å². The monoisotopic (exact) mass is 450 g/mol. The van der Waals surface area contributed by atoms with Crippen molar-refractivity contribution in [2.45, 2.75) is 25.9 Å². The first-order valence-electron chi connectivity index (χ1n) is 9.19. The number of nitrogens with zero attached hydrogens (tertiary/aromatic N) is 1. The summed E-state index contributed by atoms with van der Waals surface area (Å²) in [4.78, 5) is 22.6. The van der Waals surface area contributed by atoms with Gasteiger partial charge in [0.05, 0.1) is 17.7 Å². The van der Waals surface area contributed by atoms with Gasteiger partial charge in [-0.05, 0) is 61.4 Å². The molecule has 1 heterocycles. The van der Waals surface area contributed by atoms with Crippen LogP contribution >= 0.6 is 11.6 Å². The molecule has 0 unspecified atom stereocenters. The number of aromatic nitrogens is 1. The lowest BCUT2D eigenvalue weighted by atomic mass is 10.0. The lowest BCUT2D eigenvalue weighted by molar-refractivity contribution is -0.137. The van der Waals surface area contributed by atoms with Crippen LogP contribution in [0.4, 0.5) is 13.2 Å². The molecule has 0 saturated heterocycles. The van der Waals surface area contributed by atoms with Gasteiger partial charge in [-0.15, -0.1) is 0 Å². The summed E-state index contributed by atoms with van der Waals surface area (Å²) >= 11 is 5.81. The van der Waals surface area contributed by atoms with E-state index in [2.05, 4.69) is 0 Å². The number of rotatable bonds is 6. The quantitative estimate of drug-likeness (QED) is 0.538. The van der Waals surface area contributed by atoms with Gasteiger partial charge in [0.1, 0.15) is 0 Å². The first-order chi connectivity index (χ1) is 14.5. The Morgan fingerprint density at radius 2 is 1.81 bits per heavy atom. The summed E-state index contributed by atoms with van der Waals surface area (Å²) in [5, 5.41) is 9.02. The number of alkyl halides is 3. The summed E-state index contributed by atoms with van der Waals surface area (Å²) in [6, 6.07) is 11.2. The molecule has 9 heteroatoms. The predicted molar refractivity (Wildman–Crippen MR) is 110 cm³/mol. The minimum atomic E-state index is -4.65. The highest BCUT2D eigenvalue weighted by Crippen LogP contribution is 2.40. The largest absolute Gasteiger partial charge is 0.481 e. The fraction of sp³-hybridized carbons (Fsp3) is 0.182. The summed E-state index contributed by atoms with van der Waals surface area (Å²) in [6.07, 6.45) is -4.75. The minimum Gasteiger partial charge on any atom is -0.481 e. The van der Waals surface area contributed by atoms with Crippen LogP contribution in [0.3, 0.4) is 0 Å². The topological polar surface area (TPSA) is 85.3 Å². The zero-order chi connectivity index (χ0) is 22.9. The summed E-state index contributed by atoms with van der Waals surface area (Å²) < 4.78 is 42.8. The van der Waals surface area contributed by atoms with Gasteiger partial charge in [-0.3, -0.25) is 9.59 Å². The van der Waals surface area contributed by atoms with Crippen molar-refractivity contribution in [1.82, 2.24) is 4.57 Å². The van der Waals surface area contributed by atoms with E-state index in [1.54, 1.807) is 23.6 Å². The van der Waals surface area contributed by atoms with Crippen molar-refractivity contribution in [1.29, 1.82) is 0 Å². The second-order valence-electron chi connectivity index (χ2n) is 6.99. The number of benzene rings is 2. The van der Waals surface area contributed by atoms with Gasteiger partial charge in [0.25, 0.3) is 0 Å². The fourth-order valence-electron chi connectivity index (χ4n) is 3.44. The van der Waals surface area contributed by atoms with Crippen LogP contribution in [-0.4, -0.2) is 21.6 Å². The van der Waals surface area contributed by atoms with Crippen molar-refractivity contribution in [3.05, 3.63) is 75.9 Å². The van der Waals surface area contributed by atoms with Crippen molar-refractivity contribution >= 4 is 23.5 Å². The van der Waals surface area contributed by atoms with Crippen LogP contribution in [0.2, 0.25) is 5.02 Å². The van der Waals surface area contributed by atoms with Gasteiger partial charge in [-0.1, -0.05) is 17.7 Å². The maximum Gasteiger partial charge on any atom is 0.417 e. The fourth-order valence-corrected chi connectivity index (χ4v) is 3.61. The van der Waals surface area contributed by atoms with E-state index in [1.807, 2.05) is 0 Å². The molecule has 0 radical (unpaired) electrons. The van der Waals surface area contributed by atoms with Gasteiger partial charge in [0.15, 0.2) is 0 Å². The number of primary amides is 1. The molecule has 162 valence electrons. The molecule has 0 aliphatic rings. The lowest BCUT2D eigenvalue weighted by Gasteiger charge is -2.19. The smallest absolute Gasteiger partial charge is 0.417 e. The number of hydrogen-bond donors (Lipinski definition) is 2. The minimum absolute atomic E-state index is 0.0535. The number of aryl methyl sites for hydroxylation is 2. The number of nitrogens with two attached hydrogens (primary N) is 1. The molecule has 5 nitrogen and oxygen atoms in total. The average molecular weight is 451 g/mol. The third-order valence-corrected chi connectivity index (χ3v) is 5.08. The van der Waals surface area contributed by atoms with E-state index in [4.69, 9.17) is 22.4 Å². The third-order valence-electron chi connectivity index (χ3n) is 4.84. The summed E-state index contributed by atoms with van der Waals surface area (Å²) in [5.74, 6) is -1.66. The summed E-state index contributed by atoms with van der Waals surface area (Å²) in [5.41, 5.74) is 6.39. The maximum atomic E-state index is 13.7. The normalized spacial score (nSPS) is 11.5. The second-order valence-corrected chi connectivity index (χ2v) is 7.43. The zero-order valence-electron chi connectivity index (χ0n) is 16.3. The SMILES string of the molecule is Cc1cc(C(N)=O)ccc1-n1c(CCC(=O)O)ccc1-c1ccc(Cl)cc1C(F)(F)F. The van der Waals surface area contributed by atoms with Gasteiger partial charge in [0.2, 0.25) is 5.91 Å². The van der Waals surface area contributed by atoms with E-state index in [1.165, 1.54) is 30.3 Å². The first kappa shape index (κ1) is 22.4. The van der Waals surface area contributed by atoms with Gasteiger partial charge >= 0.3 is 12.1 Å². The van der Waals surface area contributed by atoms with E-state index in [9.17, 15) is 22.8 Å². The molecule has 1 aromatic heterocycles. The average Bonchev–Trinajstić information content (AvgIpc) is 3.09. The van der Waals surface area contributed by atoms with Crippen LogP contribution < -0.4 is 5.73 Å². The Morgan fingerprint density at radius 3 is 2.39 bits per heavy atom. The van der Waals surface area contributed by atoms with Crippen LogP contribution in [0.5, 0.6) is 0 Å². The molecule has 3 N–H and O–H groups in total. The maximum absolute atomic E-state index is 13.7. The van der Waals surface area contributed by atoms with Crippen LogP contribution in [0.25, 0.3) is 16.9 Å². The molecule has 0 atom stereocenters. The number of halogens is 4. The number of carboxylic acids is 1. The number of aliphatic carboxylic acids is 1. The van der Waals surface area contributed by atoms with E-state index in [0.717, 1.165) is 6.07 Å². The van der Waals surface area contributed by atoms with Crippen LogP contribution in [-0.2, 0) is 17.4 Å². The summed E-state index contributed by atoms with van der Waals surface area (Å²) in [7, 11) is 0. The first-order valence-corrected chi connectivity index (χ1v) is 9.57. The highest BCUT2D eigenvalue weighted by molar-refractivity contribution is 6.30. The molecule has 0 aliphatic heterocycles. The Kier molecular flexibility index (Phi) is 6.13. The van der Waals surface area contributed by atoms with E-state index in [-0.39, 0.29) is 34.7 Å². The highest BCUT2D eigenvalue weighted by Gasteiger charge is 2.35. The molecule has 0 fully saturated rings. The lowest BCUT2D eigenvalue weighted by Crippen LogP contribution is -2.13. The molecular weight excluding hydrogens is 433 g/mol. The van der Waals surface area contributed by atoms with Gasteiger partial charge in [0, 0.05) is 27.5 Å². The molecule has 0 saturated carbocycles. The van der Waals surface area contributed by atoms with Crippen molar-refractivity contribution in [3.63, 3.8) is 0 Å². The molecule has 31 heavy (non-hydrogen) atoms. The Hall–Kier alpha value is -3.26. The summed E-state index contributed by atoms with van der Waals surface area (Å²) in [6.45, 7) is 1.69. The van der Waals surface area contributed by atoms with Crippen molar-refractivity contribution in [3.8, 4) is 16.9 Å². The van der Waals surface area contributed by atoms with Crippen molar-refractivity contribution in [2.75, 3.05) is 0 Å². The molecule has 3 rings (SSSR count). The van der Waals surface area contributed by atoms with Crippen molar-refractivity contribution < 1.29 is 27.9 Å². The van der Waals surface area contributed by atoms with E-state index in [0.29, 0.717) is 16.9 Å². The number of carbonyl (C=O) groups excluding carboxylic acids is 1. The van der Waals surface area contributed by atoms with Crippen molar-refractivity contribution in [2.24, 2.45) is 5.73 Å². The van der Waals surface area contributed by atoms with Crippen LogP contribution in [0, 0.1) is 6.92 Å². The molecule has 3 aromatic rings. The number of amides is 1. The predicted octanol–water partition coefficient (Wildman–Crippen LogP) is 5.24. The Morgan fingerprint density at radius 1 is 1.10 bits per heavy atom. The molecule has 0 aliphatic carbocycles. The van der Waals surface area contributed by atoms with Gasteiger partial charge in [-0.25, -0.2) is 0 Å². The molecule has 2 aromatic carbocycles.